The van der Waals surface area contributed by atoms with Crippen LogP contribution in [0.1, 0.15) is 29.2 Å². The van der Waals surface area contributed by atoms with E-state index in [1.54, 1.807) is 18.3 Å². The van der Waals surface area contributed by atoms with Crippen molar-refractivity contribution >= 4 is 40.0 Å². The second-order valence-electron chi connectivity index (χ2n) is 9.32. The van der Waals surface area contributed by atoms with Crippen molar-refractivity contribution in [3.05, 3.63) is 100 Å². The largest absolute Gasteiger partial charge is 0.480 e. The highest BCUT2D eigenvalue weighted by atomic mass is 32.1. The smallest absolute Gasteiger partial charge is 0.326 e. The van der Waals surface area contributed by atoms with Crippen LogP contribution < -0.4 is 10.6 Å². The summed E-state index contributed by atoms with van der Waals surface area (Å²) in [4.78, 5) is 21.0. The zero-order valence-electron chi connectivity index (χ0n) is 21.2. The number of benzene rings is 3. The number of halogens is 1. The molecule has 0 fully saturated rings. The number of carbonyl (C=O) groups is 1. The minimum absolute atomic E-state index is 0.311. The minimum Gasteiger partial charge on any atom is -0.480 e. The van der Waals surface area contributed by atoms with Gasteiger partial charge in [0.2, 0.25) is 5.95 Å². The summed E-state index contributed by atoms with van der Waals surface area (Å²) in [5.41, 5.74) is 7.25. The maximum Gasteiger partial charge on any atom is 0.326 e. The molecule has 5 aromatic rings. The summed E-state index contributed by atoms with van der Waals surface area (Å²) in [6.07, 6.45) is 0.922. The van der Waals surface area contributed by atoms with Crippen LogP contribution >= 0.6 is 11.3 Å². The quantitative estimate of drug-likeness (QED) is 0.156. The molecule has 0 saturated carbocycles. The van der Waals surface area contributed by atoms with Gasteiger partial charge in [0.25, 0.3) is 0 Å². The number of carboxylic acid groups (broad SMARTS) is 1. The van der Waals surface area contributed by atoms with E-state index in [0.29, 0.717) is 30.6 Å². The molecule has 5 rings (SSSR count). The maximum absolute atomic E-state index is 13.8. The summed E-state index contributed by atoms with van der Waals surface area (Å²) in [5, 5.41) is 18.5. The van der Waals surface area contributed by atoms with Crippen molar-refractivity contribution in [1.29, 1.82) is 0 Å². The highest BCUT2D eigenvalue weighted by molar-refractivity contribution is 7.13. The van der Waals surface area contributed by atoms with Crippen LogP contribution in [-0.2, 0) is 24.2 Å². The van der Waals surface area contributed by atoms with Crippen molar-refractivity contribution in [2.75, 3.05) is 10.6 Å². The fourth-order valence-electron chi connectivity index (χ4n) is 4.55. The van der Waals surface area contributed by atoms with Gasteiger partial charge in [-0.05, 0) is 76.9 Å². The fourth-order valence-corrected chi connectivity index (χ4v) is 5.48. The average molecular weight is 529 g/mol. The summed E-state index contributed by atoms with van der Waals surface area (Å²) >= 11 is 1.67. The van der Waals surface area contributed by atoms with E-state index in [2.05, 4.69) is 32.0 Å². The molecule has 194 valence electrons. The van der Waals surface area contributed by atoms with Crippen molar-refractivity contribution in [1.82, 2.24) is 9.97 Å². The highest BCUT2D eigenvalue weighted by Crippen LogP contribution is 2.29. The lowest BCUT2D eigenvalue weighted by molar-refractivity contribution is -0.137. The predicted octanol–water partition coefficient (Wildman–Crippen LogP) is 7.02. The van der Waals surface area contributed by atoms with Gasteiger partial charge in [-0.1, -0.05) is 43.3 Å². The number of hydrogen-bond donors (Lipinski definition) is 4. The summed E-state index contributed by atoms with van der Waals surface area (Å²) in [7, 11) is 0. The van der Waals surface area contributed by atoms with E-state index in [1.165, 1.54) is 12.1 Å². The molecule has 1 unspecified atom stereocenters. The van der Waals surface area contributed by atoms with E-state index in [4.69, 9.17) is 0 Å². The van der Waals surface area contributed by atoms with Gasteiger partial charge >= 0.3 is 5.97 Å². The molecule has 3 aromatic carbocycles. The van der Waals surface area contributed by atoms with E-state index < -0.39 is 12.0 Å². The summed E-state index contributed by atoms with van der Waals surface area (Å²) in [6.45, 7) is 4.38. The molecule has 0 radical (unpaired) electrons. The number of nitrogens with one attached hydrogen (secondary N) is 3. The molecule has 2 heterocycles. The van der Waals surface area contributed by atoms with E-state index in [0.717, 1.165) is 44.1 Å². The zero-order chi connectivity index (χ0) is 26.6. The normalized spacial score (nSPS) is 12.0. The highest BCUT2D eigenvalue weighted by Gasteiger charge is 2.20. The first kappa shape index (κ1) is 25.5. The Balaban J connectivity index is 1.24. The zero-order valence-corrected chi connectivity index (χ0v) is 22.0. The molecule has 1 atom stereocenters. The topological polar surface area (TPSA) is 90.0 Å². The molecular weight excluding hydrogens is 499 g/mol. The van der Waals surface area contributed by atoms with Crippen molar-refractivity contribution in [3.8, 4) is 10.4 Å². The Labute approximate surface area is 224 Å². The van der Waals surface area contributed by atoms with E-state index in [-0.39, 0.29) is 5.82 Å². The number of aromatic amines is 1. The second kappa shape index (κ2) is 11.1. The number of fused-ring (bicyclic) bond motifs is 1. The number of hydrogen-bond acceptors (Lipinski definition) is 5. The van der Waals surface area contributed by atoms with Gasteiger partial charge < -0.3 is 20.7 Å². The molecule has 0 amide bonds. The first-order valence-electron chi connectivity index (χ1n) is 12.5. The van der Waals surface area contributed by atoms with Crippen LogP contribution in [-0.4, -0.2) is 27.1 Å². The monoisotopic (exact) mass is 528 g/mol. The van der Waals surface area contributed by atoms with Gasteiger partial charge in [-0.15, -0.1) is 11.3 Å². The van der Waals surface area contributed by atoms with Gasteiger partial charge in [0.1, 0.15) is 11.9 Å². The molecule has 8 heteroatoms. The van der Waals surface area contributed by atoms with Crippen LogP contribution in [0.2, 0.25) is 0 Å². The molecule has 0 aliphatic heterocycles. The molecule has 38 heavy (non-hydrogen) atoms. The number of para-hydroxylation sites is 2. The van der Waals surface area contributed by atoms with Gasteiger partial charge in [-0.25, -0.2) is 14.2 Å². The third-order valence-electron chi connectivity index (χ3n) is 6.56. The molecule has 6 nitrogen and oxygen atoms in total. The summed E-state index contributed by atoms with van der Waals surface area (Å²) in [5.74, 6) is -0.513. The standard InChI is InChI=1S/C30H29FN4O2S/c1-3-21-15-23(31)12-18(2)28(21)33-26(29(36)37)13-19-8-10-22(11-9-19)27-14-20(17-38-27)16-32-30-34-24-6-4-5-7-25(24)35-30/h4-12,14-15,17,26,33H,3,13,16H2,1-2H3,(H,36,37)(H2,32,34,35). The van der Waals surface area contributed by atoms with Crippen molar-refractivity contribution in [2.24, 2.45) is 0 Å². The Kier molecular flexibility index (Phi) is 7.42. The van der Waals surface area contributed by atoms with Crippen LogP contribution in [0.15, 0.2) is 72.1 Å². The number of nitrogens with zero attached hydrogens (tertiary/aromatic N) is 1. The number of anilines is 2. The van der Waals surface area contributed by atoms with Gasteiger partial charge in [0, 0.05) is 23.5 Å². The molecule has 0 aliphatic rings. The predicted molar refractivity (Wildman–Crippen MR) is 152 cm³/mol. The van der Waals surface area contributed by atoms with E-state index >= 15 is 0 Å². The molecule has 0 saturated heterocycles. The summed E-state index contributed by atoms with van der Waals surface area (Å²) < 4.78 is 13.8. The number of imidazole rings is 1. The number of carboxylic acids is 1. The lowest BCUT2D eigenvalue weighted by atomic mass is 10.0. The third kappa shape index (κ3) is 5.70. The Morgan fingerprint density at radius 3 is 2.63 bits per heavy atom. The van der Waals surface area contributed by atoms with Crippen molar-refractivity contribution in [2.45, 2.75) is 39.3 Å². The maximum atomic E-state index is 13.8. The fraction of sp³-hybridized carbons (Fsp3) is 0.200. The molecule has 4 N–H and O–H groups in total. The molecule has 0 spiro atoms. The SMILES string of the molecule is CCc1cc(F)cc(C)c1NC(Cc1ccc(-c2cc(CNc3nc4ccccc4[nH]3)cs2)cc1)C(=O)O. The number of aromatic nitrogens is 2. The Bertz CT molecular complexity index is 1540. The lowest BCUT2D eigenvalue weighted by Gasteiger charge is -2.20. The lowest BCUT2D eigenvalue weighted by Crippen LogP contribution is -2.32. The summed E-state index contributed by atoms with van der Waals surface area (Å²) in [6, 6.07) is 20.1. The first-order valence-corrected chi connectivity index (χ1v) is 13.4. The van der Waals surface area contributed by atoms with Crippen molar-refractivity contribution < 1.29 is 14.3 Å². The minimum atomic E-state index is -0.945. The van der Waals surface area contributed by atoms with Gasteiger partial charge in [-0.3, -0.25) is 0 Å². The molecule has 0 bridgehead atoms. The number of aliphatic carboxylic acids is 1. The first-order chi connectivity index (χ1) is 18.4. The van der Waals surface area contributed by atoms with Gasteiger partial charge in [0.05, 0.1) is 11.0 Å². The molecular formula is C30H29FN4O2S. The van der Waals surface area contributed by atoms with Crippen LogP contribution in [0.5, 0.6) is 0 Å². The van der Waals surface area contributed by atoms with Crippen LogP contribution in [0, 0.1) is 12.7 Å². The number of H-pyrrole nitrogens is 1. The van der Waals surface area contributed by atoms with Crippen LogP contribution in [0.4, 0.5) is 16.0 Å². The van der Waals surface area contributed by atoms with E-state index in [9.17, 15) is 14.3 Å². The molecule has 2 aromatic heterocycles. The Morgan fingerprint density at radius 1 is 1.11 bits per heavy atom. The van der Waals surface area contributed by atoms with Crippen LogP contribution in [0.25, 0.3) is 21.5 Å². The third-order valence-corrected chi connectivity index (χ3v) is 7.59. The number of rotatable bonds is 10. The van der Waals surface area contributed by atoms with Gasteiger partial charge in [-0.2, -0.15) is 0 Å². The second-order valence-corrected chi connectivity index (χ2v) is 10.2. The Morgan fingerprint density at radius 2 is 1.89 bits per heavy atom. The molecule has 0 aliphatic carbocycles. The Hall–Kier alpha value is -4.17. The number of thiophene rings is 1. The average Bonchev–Trinajstić information content (AvgIpc) is 3.55. The number of aryl methyl sites for hydroxylation is 2. The van der Waals surface area contributed by atoms with Crippen LogP contribution in [0.3, 0.4) is 0 Å². The van der Waals surface area contributed by atoms with Gasteiger partial charge in [0.15, 0.2) is 0 Å². The van der Waals surface area contributed by atoms with Crippen molar-refractivity contribution in [3.63, 3.8) is 0 Å². The van der Waals surface area contributed by atoms with E-state index in [1.807, 2.05) is 55.5 Å².